The van der Waals surface area contributed by atoms with Crippen molar-refractivity contribution in [3.05, 3.63) is 24.4 Å². The Morgan fingerprint density at radius 2 is 2.10 bits per heavy atom. The van der Waals surface area contributed by atoms with Crippen molar-refractivity contribution < 1.29 is 9.90 Å². The Hall–Kier alpha value is -2.57. The predicted octanol–water partition coefficient (Wildman–Crippen LogP) is 1.67. The van der Waals surface area contributed by atoms with Gasteiger partial charge in [0.05, 0.1) is 16.7 Å². The topological polar surface area (TPSA) is 113 Å². The minimum atomic E-state index is -0.995. The lowest BCUT2D eigenvalue weighted by atomic mass is 10.2. The summed E-state index contributed by atoms with van der Waals surface area (Å²) in [5, 5.41) is 13.9. The number of nitrogens with two attached hydrogens (primary N) is 1. The van der Waals surface area contributed by atoms with Crippen LogP contribution in [0.25, 0.3) is 11.0 Å². The summed E-state index contributed by atoms with van der Waals surface area (Å²) in [6.07, 6.45) is 2.29. The summed E-state index contributed by atoms with van der Waals surface area (Å²) in [4.78, 5) is 18.9. The second-order valence-corrected chi connectivity index (χ2v) is 4.33. The van der Waals surface area contributed by atoms with Crippen molar-refractivity contribution in [3.63, 3.8) is 0 Å². The molecule has 2 rings (SSSR count). The van der Waals surface area contributed by atoms with E-state index in [1.807, 2.05) is 12.1 Å². The Labute approximate surface area is 116 Å². The fourth-order valence-electron chi connectivity index (χ4n) is 1.81. The van der Waals surface area contributed by atoms with Gasteiger partial charge in [0, 0.05) is 19.3 Å². The number of anilines is 2. The minimum absolute atomic E-state index is 0.446. The van der Waals surface area contributed by atoms with Crippen LogP contribution < -0.4 is 16.4 Å². The fourth-order valence-corrected chi connectivity index (χ4v) is 1.81. The second-order valence-electron chi connectivity index (χ2n) is 4.33. The van der Waals surface area contributed by atoms with Gasteiger partial charge in [0.15, 0.2) is 0 Å². The van der Waals surface area contributed by atoms with Crippen molar-refractivity contribution in [2.75, 3.05) is 24.1 Å². The van der Waals surface area contributed by atoms with E-state index in [1.54, 1.807) is 12.3 Å². The monoisotopic (exact) mass is 275 g/mol. The Balaban J connectivity index is 1.86. The van der Waals surface area contributed by atoms with Gasteiger partial charge in [-0.05, 0) is 31.0 Å². The third kappa shape index (κ3) is 3.71. The first-order valence-electron chi connectivity index (χ1n) is 6.39. The van der Waals surface area contributed by atoms with Gasteiger partial charge in [-0.25, -0.2) is 9.78 Å². The van der Waals surface area contributed by atoms with Crippen molar-refractivity contribution in [2.24, 2.45) is 0 Å². The molecule has 1 amide bonds. The first kappa shape index (κ1) is 13.9. The summed E-state index contributed by atoms with van der Waals surface area (Å²) in [6.45, 7) is 1.13. The molecule has 2 heterocycles. The number of hydrogen-bond acceptors (Lipinski definition) is 5. The molecule has 0 saturated carbocycles. The number of nitrogens with zero attached hydrogens (tertiary/aromatic N) is 2. The first-order valence-corrected chi connectivity index (χ1v) is 6.39. The van der Waals surface area contributed by atoms with E-state index in [0.717, 1.165) is 23.9 Å². The number of carbonyl (C=O) groups is 1. The third-order valence-electron chi connectivity index (χ3n) is 2.79. The highest BCUT2D eigenvalue weighted by Crippen LogP contribution is 2.20. The average molecular weight is 275 g/mol. The molecule has 2 aromatic heterocycles. The summed E-state index contributed by atoms with van der Waals surface area (Å²) < 4.78 is 0. The van der Waals surface area contributed by atoms with Gasteiger partial charge in [0.1, 0.15) is 5.82 Å². The maximum atomic E-state index is 10.3. The number of rotatable bonds is 6. The molecule has 106 valence electrons. The van der Waals surface area contributed by atoms with E-state index in [-0.39, 0.29) is 0 Å². The van der Waals surface area contributed by atoms with Crippen LogP contribution in [0.2, 0.25) is 0 Å². The molecule has 20 heavy (non-hydrogen) atoms. The number of nitrogens with one attached hydrogen (secondary N) is 2. The van der Waals surface area contributed by atoms with Crippen LogP contribution in [0.15, 0.2) is 24.4 Å². The number of hydrogen-bond donors (Lipinski definition) is 4. The van der Waals surface area contributed by atoms with Gasteiger partial charge in [0.2, 0.25) is 0 Å². The maximum Gasteiger partial charge on any atom is 0.404 e. The smallest absolute Gasteiger partial charge is 0.404 e. The van der Waals surface area contributed by atoms with Gasteiger partial charge in [0.25, 0.3) is 0 Å². The highest BCUT2D eigenvalue weighted by atomic mass is 16.4. The van der Waals surface area contributed by atoms with Crippen molar-refractivity contribution in [2.45, 2.75) is 12.8 Å². The van der Waals surface area contributed by atoms with E-state index in [9.17, 15) is 4.79 Å². The predicted molar refractivity (Wildman–Crippen MR) is 77.7 cm³/mol. The van der Waals surface area contributed by atoms with Crippen molar-refractivity contribution in [1.82, 2.24) is 15.3 Å². The Morgan fingerprint density at radius 1 is 1.30 bits per heavy atom. The van der Waals surface area contributed by atoms with Gasteiger partial charge in [-0.3, -0.25) is 4.98 Å². The number of carboxylic acid groups (broad SMARTS) is 1. The summed E-state index contributed by atoms with van der Waals surface area (Å²) >= 11 is 0. The van der Waals surface area contributed by atoms with Crippen LogP contribution in [0, 0.1) is 0 Å². The van der Waals surface area contributed by atoms with Crippen LogP contribution in [0.1, 0.15) is 12.8 Å². The van der Waals surface area contributed by atoms with Crippen molar-refractivity contribution >= 4 is 28.6 Å². The van der Waals surface area contributed by atoms with Crippen molar-refractivity contribution in [1.29, 1.82) is 0 Å². The van der Waals surface area contributed by atoms with Crippen LogP contribution >= 0.6 is 0 Å². The molecule has 0 spiro atoms. The van der Waals surface area contributed by atoms with Crippen LogP contribution in [-0.4, -0.2) is 34.3 Å². The number of aromatic nitrogens is 2. The molecule has 0 aliphatic heterocycles. The van der Waals surface area contributed by atoms with Crippen LogP contribution in [0.4, 0.5) is 16.3 Å². The third-order valence-corrected chi connectivity index (χ3v) is 2.79. The zero-order chi connectivity index (χ0) is 14.4. The van der Waals surface area contributed by atoms with E-state index >= 15 is 0 Å². The van der Waals surface area contributed by atoms with E-state index in [4.69, 9.17) is 10.8 Å². The van der Waals surface area contributed by atoms with E-state index < -0.39 is 6.09 Å². The molecule has 5 N–H and O–H groups in total. The Morgan fingerprint density at radius 3 is 2.90 bits per heavy atom. The molecule has 0 saturated heterocycles. The average Bonchev–Trinajstić information content (AvgIpc) is 2.42. The molecule has 0 atom stereocenters. The first-order chi connectivity index (χ1) is 9.66. The lowest BCUT2D eigenvalue weighted by molar-refractivity contribution is 0.194. The SMILES string of the molecule is Nc1cc2ncccc2nc1NCCCCNC(=O)O. The molecule has 0 fully saturated rings. The quantitative estimate of drug-likeness (QED) is 0.596. The molecule has 2 aromatic rings. The Bertz CT molecular complexity index is 602. The minimum Gasteiger partial charge on any atom is -0.465 e. The normalized spacial score (nSPS) is 10.4. The van der Waals surface area contributed by atoms with Crippen LogP contribution in [0.5, 0.6) is 0 Å². The molecule has 0 aliphatic carbocycles. The fraction of sp³-hybridized carbons (Fsp3) is 0.308. The maximum absolute atomic E-state index is 10.3. The van der Waals surface area contributed by atoms with Gasteiger partial charge < -0.3 is 21.5 Å². The number of fused-ring (bicyclic) bond motifs is 1. The molecule has 0 unspecified atom stereocenters. The lowest BCUT2D eigenvalue weighted by Gasteiger charge is -2.09. The summed E-state index contributed by atoms with van der Waals surface area (Å²) in [6, 6.07) is 5.49. The van der Waals surface area contributed by atoms with E-state index in [1.165, 1.54) is 0 Å². The number of pyridine rings is 2. The largest absolute Gasteiger partial charge is 0.465 e. The molecule has 0 aliphatic rings. The molecule has 0 radical (unpaired) electrons. The zero-order valence-electron chi connectivity index (χ0n) is 11.0. The number of unbranched alkanes of at least 4 members (excludes halogenated alkanes) is 1. The van der Waals surface area contributed by atoms with Gasteiger partial charge in [-0.2, -0.15) is 0 Å². The van der Waals surface area contributed by atoms with Crippen LogP contribution in [-0.2, 0) is 0 Å². The molecule has 7 heteroatoms. The molecule has 0 bridgehead atoms. The van der Waals surface area contributed by atoms with Gasteiger partial charge in [-0.1, -0.05) is 0 Å². The van der Waals surface area contributed by atoms with E-state index in [2.05, 4.69) is 20.6 Å². The molecule has 0 aromatic carbocycles. The van der Waals surface area contributed by atoms with Gasteiger partial charge >= 0.3 is 6.09 Å². The van der Waals surface area contributed by atoms with Gasteiger partial charge in [-0.15, -0.1) is 0 Å². The number of amides is 1. The molecular weight excluding hydrogens is 258 g/mol. The zero-order valence-corrected chi connectivity index (χ0v) is 11.0. The van der Waals surface area contributed by atoms with E-state index in [0.29, 0.717) is 24.6 Å². The highest BCUT2D eigenvalue weighted by Gasteiger charge is 2.04. The lowest BCUT2D eigenvalue weighted by Crippen LogP contribution is -2.22. The summed E-state index contributed by atoms with van der Waals surface area (Å²) in [5.41, 5.74) is 8.02. The molecule has 7 nitrogen and oxygen atoms in total. The summed E-state index contributed by atoms with van der Waals surface area (Å²) in [5.74, 6) is 0.636. The van der Waals surface area contributed by atoms with Crippen molar-refractivity contribution in [3.8, 4) is 0 Å². The standard InChI is InChI=1S/C13H17N5O2/c14-9-8-11-10(4-3-7-15-11)18-12(9)16-5-1-2-6-17-13(19)20/h3-4,7-8,17H,1-2,5-6,14H2,(H,16,18)(H,19,20). The Kier molecular flexibility index (Phi) is 4.54. The highest BCUT2D eigenvalue weighted by molar-refractivity contribution is 5.82. The van der Waals surface area contributed by atoms with Crippen LogP contribution in [0.3, 0.4) is 0 Å². The summed E-state index contributed by atoms with van der Waals surface area (Å²) in [7, 11) is 0. The molecular formula is C13H17N5O2. The number of nitrogen functional groups attached to an aromatic ring is 1. The second kappa shape index (κ2) is 6.55.